The van der Waals surface area contributed by atoms with Gasteiger partial charge in [0.2, 0.25) is 0 Å². The van der Waals surface area contributed by atoms with Gasteiger partial charge in [0.05, 0.1) is 0 Å². The maximum absolute atomic E-state index is 2.31. The van der Waals surface area contributed by atoms with Crippen LogP contribution in [-0.4, -0.2) is 5.80 Å². The van der Waals surface area contributed by atoms with E-state index in [-0.39, 0.29) is 0 Å². The molecule has 0 aromatic heterocycles. The predicted octanol–water partition coefficient (Wildman–Crippen LogP) is 4.22. The molecule has 1 aliphatic rings. The van der Waals surface area contributed by atoms with Crippen molar-refractivity contribution in [1.29, 1.82) is 0 Å². The fourth-order valence-electron chi connectivity index (χ4n) is 1.86. The van der Waals surface area contributed by atoms with Crippen LogP contribution in [0.2, 0.25) is 0 Å². The van der Waals surface area contributed by atoms with E-state index in [1.54, 1.807) is 5.57 Å². The van der Waals surface area contributed by atoms with Crippen molar-refractivity contribution in [3.63, 3.8) is 0 Å². The summed E-state index contributed by atoms with van der Waals surface area (Å²) in [5, 5.41) is 0. The number of hydrogen-bond acceptors (Lipinski definition) is 0. The van der Waals surface area contributed by atoms with Crippen LogP contribution in [0.25, 0.3) is 0 Å². The molecule has 0 nitrogen and oxygen atoms in total. The van der Waals surface area contributed by atoms with Gasteiger partial charge in [0.1, 0.15) is 0 Å². The largest absolute Gasteiger partial charge is 0.0918 e. The van der Waals surface area contributed by atoms with Crippen LogP contribution in [0.4, 0.5) is 0 Å². The minimum absolute atomic E-state index is 0.635. The Morgan fingerprint density at radius 1 is 1.21 bits per heavy atom. The Hall–Kier alpha value is -0.870. The molecule has 0 fully saturated rings. The van der Waals surface area contributed by atoms with E-state index in [0.717, 1.165) is 0 Å². The molecule has 0 amide bonds. The van der Waals surface area contributed by atoms with Crippen LogP contribution in [-0.2, 0) is 0 Å². The van der Waals surface area contributed by atoms with Crippen LogP contribution < -0.4 is 0 Å². The van der Waals surface area contributed by atoms with Crippen LogP contribution in [0, 0.1) is 0 Å². The summed E-state index contributed by atoms with van der Waals surface area (Å²) < 4.78 is 0. The second-order valence-electron chi connectivity index (χ2n) is 3.60. The maximum atomic E-state index is 2.31. The highest BCUT2D eigenvalue weighted by Gasteiger charge is 2.15. The van der Waals surface area contributed by atoms with E-state index < -0.39 is 0 Å². The molecule has 2 rings (SSSR count). The Kier molecular flexibility index (Phi) is 3.16. The molecular formula is C13H15P. The number of benzene rings is 1. The molecule has 1 heterocycles. The average molecular weight is 202 g/mol. The second-order valence-corrected chi connectivity index (χ2v) is 4.72. The van der Waals surface area contributed by atoms with Gasteiger partial charge in [-0.25, -0.2) is 0 Å². The fraction of sp³-hybridized carbons (Fsp3) is 0.308. The molecule has 1 atom stereocenters. The van der Waals surface area contributed by atoms with Crippen molar-refractivity contribution >= 4 is 14.0 Å². The molecule has 1 aliphatic heterocycles. The molecular weight excluding hydrogens is 187 g/mol. The molecule has 1 unspecified atom stereocenters. The van der Waals surface area contributed by atoms with Gasteiger partial charge in [-0.1, -0.05) is 63.5 Å². The van der Waals surface area contributed by atoms with E-state index >= 15 is 0 Å². The summed E-state index contributed by atoms with van der Waals surface area (Å²) in [4.78, 5) is 0. The van der Waals surface area contributed by atoms with Crippen LogP contribution in [0.5, 0.6) is 0 Å². The summed E-state index contributed by atoms with van der Waals surface area (Å²) in [6, 6.07) is 10.8. The normalized spacial score (nSPS) is 20.9. The summed E-state index contributed by atoms with van der Waals surface area (Å²) in [6.07, 6.45) is 4.80. The molecule has 0 saturated heterocycles. The van der Waals surface area contributed by atoms with Crippen molar-refractivity contribution in [2.45, 2.75) is 25.4 Å². The first-order chi connectivity index (χ1) is 6.92. The summed E-state index contributed by atoms with van der Waals surface area (Å²) >= 11 is 0. The zero-order valence-electron chi connectivity index (χ0n) is 8.48. The van der Waals surface area contributed by atoms with E-state index in [4.69, 9.17) is 0 Å². The Bertz CT molecular complexity index is 349. The molecule has 0 N–H and O–H groups in total. The van der Waals surface area contributed by atoms with E-state index in [1.807, 2.05) is 0 Å². The lowest BCUT2D eigenvalue weighted by atomic mass is 10.0. The smallest absolute Gasteiger partial charge is 0.0471 e. The van der Waals surface area contributed by atoms with Gasteiger partial charge in [0.25, 0.3) is 0 Å². The highest BCUT2D eigenvalue weighted by atomic mass is 31.1. The Labute approximate surface area is 87.5 Å². The van der Waals surface area contributed by atoms with Gasteiger partial charge >= 0.3 is 0 Å². The lowest BCUT2D eigenvalue weighted by molar-refractivity contribution is 0.866. The topological polar surface area (TPSA) is 0 Å². The first kappa shape index (κ1) is 9.68. The van der Waals surface area contributed by atoms with Gasteiger partial charge in [0, 0.05) is 5.66 Å². The summed E-state index contributed by atoms with van der Waals surface area (Å²) in [6.45, 7) is 2.25. The predicted molar refractivity (Wildman–Crippen MR) is 65.2 cm³/mol. The monoisotopic (exact) mass is 202 g/mol. The molecule has 14 heavy (non-hydrogen) atoms. The Morgan fingerprint density at radius 2 is 2.00 bits per heavy atom. The summed E-state index contributed by atoms with van der Waals surface area (Å²) in [5.74, 6) is 2.28. The molecule has 1 aromatic rings. The van der Waals surface area contributed by atoms with E-state index in [1.165, 1.54) is 26.6 Å². The Morgan fingerprint density at radius 3 is 2.71 bits per heavy atom. The minimum atomic E-state index is 0.635. The van der Waals surface area contributed by atoms with Gasteiger partial charge in [-0.05, 0) is 17.8 Å². The highest BCUT2D eigenvalue weighted by Crippen LogP contribution is 2.40. The van der Waals surface area contributed by atoms with E-state index in [9.17, 15) is 0 Å². The van der Waals surface area contributed by atoms with Gasteiger partial charge in [-0.15, -0.1) is 0 Å². The van der Waals surface area contributed by atoms with Crippen molar-refractivity contribution in [2.75, 3.05) is 0 Å². The van der Waals surface area contributed by atoms with Crippen molar-refractivity contribution in [3.8, 4) is 0 Å². The number of hydrogen-bond donors (Lipinski definition) is 0. The van der Waals surface area contributed by atoms with Crippen molar-refractivity contribution < 1.29 is 0 Å². The Balaban J connectivity index is 2.20. The SMILES string of the molecule is CCCC1=CC=PC1c1ccccc1. The summed E-state index contributed by atoms with van der Waals surface area (Å²) in [7, 11) is 1.44. The lowest BCUT2D eigenvalue weighted by Crippen LogP contribution is -1.92. The van der Waals surface area contributed by atoms with Crippen molar-refractivity contribution in [2.24, 2.45) is 0 Å². The quantitative estimate of drug-likeness (QED) is 0.644. The zero-order chi connectivity index (χ0) is 9.80. The molecule has 0 bridgehead atoms. The molecule has 0 spiro atoms. The van der Waals surface area contributed by atoms with Crippen LogP contribution in [0.1, 0.15) is 31.0 Å². The lowest BCUT2D eigenvalue weighted by Gasteiger charge is -2.12. The number of allylic oxidation sites excluding steroid dienone is 2. The number of rotatable bonds is 3. The van der Waals surface area contributed by atoms with Gasteiger partial charge in [-0.2, -0.15) is 0 Å². The van der Waals surface area contributed by atoms with Gasteiger partial charge in [0.15, 0.2) is 0 Å². The zero-order valence-corrected chi connectivity index (χ0v) is 9.37. The van der Waals surface area contributed by atoms with Crippen LogP contribution in [0.15, 0.2) is 42.0 Å². The van der Waals surface area contributed by atoms with Crippen molar-refractivity contribution in [3.05, 3.63) is 47.5 Å². The first-order valence-corrected chi connectivity index (χ1v) is 6.22. The molecule has 72 valence electrons. The van der Waals surface area contributed by atoms with Gasteiger partial charge in [-0.3, -0.25) is 0 Å². The van der Waals surface area contributed by atoms with E-state index in [2.05, 4.69) is 49.1 Å². The second kappa shape index (κ2) is 4.57. The fourth-order valence-corrected chi connectivity index (χ4v) is 3.06. The van der Waals surface area contributed by atoms with E-state index in [0.29, 0.717) is 5.66 Å². The highest BCUT2D eigenvalue weighted by molar-refractivity contribution is 7.40. The third-order valence-electron chi connectivity index (χ3n) is 2.53. The first-order valence-electron chi connectivity index (χ1n) is 5.19. The standard InChI is InChI=1S/C13H15P/c1-2-6-11-9-10-14-13(11)12-7-4-3-5-8-12/h3-5,7-10,13H,2,6H2,1H3. The molecule has 0 radical (unpaired) electrons. The maximum Gasteiger partial charge on any atom is 0.0471 e. The third-order valence-corrected chi connectivity index (χ3v) is 3.78. The van der Waals surface area contributed by atoms with Crippen LogP contribution in [0.3, 0.4) is 0 Å². The van der Waals surface area contributed by atoms with Gasteiger partial charge < -0.3 is 0 Å². The van der Waals surface area contributed by atoms with Crippen LogP contribution >= 0.6 is 8.20 Å². The molecule has 1 aromatic carbocycles. The van der Waals surface area contributed by atoms with Crippen molar-refractivity contribution in [1.82, 2.24) is 0 Å². The molecule has 1 heteroatoms. The minimum Gasteiger partial charge on any atom is -0.0918 e. The molecule has 0 aliphatic carbocycles. The third kappa shape index (κ3) is 1.96. The average Bonchev–Trinajstić information content (AvgIpc) is 2.68. The molecule has 0 saturated carbocycles. The summed E-state index contributed by atoms with van der Waals surface area (Å²) in [5.41, 5.74) is 3.69.